The minimum absolute atomic E-state index is 0.228. The fourth-order valence-corrected chi connectivity index (χ4v) is 3.31. The van der Waals surface area contributed by atoms with Crippen molar-refractivity contribution in [2.24, 2.45) is 0 Å². The van der Waals surface area contributed by atoms with E-state index in [-0.39, 0.29) is 18.4 Å². The Balaban J connectivity index is 2.21. The van der Waals surface area contributed by atoms with Crippen molar-refractivity contribution in [3.8, 4) is 5.75 Å². The maximum absolute atomic E-state index is 13.1. The molecule has 0 aliphatic carbocycles. The molecule has 162 valence electrons. The second-order valence-electron chi connectivity index (χ2n) is 8.23. The van der Waals surface area contributed by atoms with E-state index in [4.69, 9.17) is 27.9 Å². The van der Waals surface area contributed by atoms with Gasteiger partial charge in [0.2, 0.25) is 5.91 Å². The van der Waals surface area contributed by atoms with Gasteiger partial charge in [0.25, 0.3) is 5.91 Å². The lowest BCUT2D eigenvalue weighted by Crippen LogP contribution is -2.53. The fourth-order valence-electron chi connectivity index (χ4n) is 2.84. The smallest absolute Gasteiger partial charge is 0.261 e. The van der Waals surface area contributed by atoms with Crippen molar-refractivity contribution < 1.29 is 14.3 Å². The minimum atomic E-state index is -0.680. The summed E-state index contributed by atoms with van der Waals surface area (Å²) in [6.45, 7) is 9.43. The Morgan fingerprint density at radius 2 is 1.80 bits per heavy atom. The highest BCUT2D eigenvalue weighted by Gasteiger charge is 2.29. The van der Waals surface area contributed by atoms with Crippen LogP contribution in [0.2, 0.25) is 10.0 Å². The number of carbonyl (C=O) groups is 2. The van der Waals surface area contributed by atoms with Gasteiger partial charge in [-0.1, -0.05) is 47.5 Å². The molecule has 0 unspecified atom stereocenters. The Kier molecular flexibility index (Phi) is 8.16. The largest absolute Gasteiger partial charge is 0.482 e. The zero-order valence-electron chi connectivity index (χ0n) is 18.0. The van der Waals surface area contributed by atoms with Gasteiger partial charge in [0.1, 0.15) is 11.8 Å². The second kappa shape index (κ2) is 10.2. The molecule has 0 radical (unpaired) electrons. The summed E-state index contributed by atoms with van der Waals surface area (Å²) >= 11 is 12.0. The Morgan fingerprint density at radius 3 is 2.40 bits per heavy atom. The van der Waals surface area contributed by atoms with E-state index in [9.17, 15) is 9.59 Å². The molecule has 7 heteroatoms. The van der Waals surface area contributed by atoms with Gasteiger partial charge < -0.3 is 15.0 Å². The third kappa shape index (κ3) is 6.92. The van der Waals surface area contributed by atoms with E-state index in [2.05, 4.69) is 5.32 Å². The number of hydrogen-bond acceptors (Lipinski definition) is 3. The highest BCUT2D eigenvalue weighted by Crippen LogP contribution is 2.27. The average molecular weight is 451 g/mol. The molecule has 30 heavy (non-hydrogen) atoms. The Hall–Kier alpha value is -2.24. The fraction of sp³-hybridized carbons (Fsp3) is 0.391. The summed E-state index contributed by atoms with van der Waals surface area (Å²) in [7, 11) is 0. The van der Waals surface area contributed by atoms with Crippen LogP contribution in [-0.4, -0.2) is 34.9 Å². The highest BCUT2D eigenvalue weighted by molar-refractivity contribution is 6.35. The monoisotopic (exact) mass is 450 g/mol. The molecule has 0 bridgehead atoms. The molecule has 2 aromatic carbocycles. The van der Waals surface area contributed by atoms with Crippen molar-refractivity contribution in [2.45, 2.75) is 52.7 Å². The molecule has 0 spiro atoms. The number of nitrogens with zero attached hydrogens (tertiary/aromatic N) is 1. The number of benzene rings is 2. The average Bonchev–Trinajstić information content (AvgIpc) is 2.64. The summed E-state index contributed by atoms with van der Waals surface area (Å²) in [6, 6.07) is 11.9. The lowest BCUT2D eigenvalue weighted by atomic mass is 10.1. The molecular weight excluding hydrogens is 423 g/mol. The van der Waals surface area contributed by atoms with Crippen LogP contribution in [0.3, 0.4) is 0 Å². The normalized spacial score (nSPS) is 12.2. The highest BCUT2D eigenvalue weighted by atomic mass is 35.5. The Morgan fingerprint density at radius 1 is 1.13 bits per heavy atom. The molecule has 0 saturated carbocycles. The van der Waals surface area contributed by atoms with Crippen LogP contribution in [0.15, 0.2) is 42.5 Å². The van der Waals surface area contributed by atoms with Crippen LogP contribution < -0.4 is 10.1 Å². The molecule has 1 atom stereocenters. The quantitative estimate of drug-likeness (QED) is 0.644. The summed E-state index contributed by atoms with van der Waals surface area (Å²) in [5.41, 5.74) is 1.60. The number of amides is 2. The Labute approximate surface area is 188 Å². The van der Waals surface area contributed by atoms with Crippen LogP contribution in [-0.2, 0) is 16.1 Å². The number of carbonyl (C=O) groups excluding carboxylic acids is 2. The van der Waals surface area contributed by atoms with E-state index in [1.165, 1.54) is 4.90 Å². The third-order valence-electron chi connectivity index (χ3n) is 4.51. The molecule has 0 heterocycles. The van der Waals surface area contributed by atoms with Gasteiger partial charge >= 0.3 is 0 Å². The van der Waals surface area contributed by atoms with Crippen LogP contribution in [0, 0.1) is 6.92 Å². The summed E-state index contributed by atoms with van der Waals surface area (Å²) < 4.78 is 5.62. The summed E-state index contributed by atoms with van der Waals surface area (Å²) in [5.74, 6) is -0.188. The van der Waals surface area contributed by atoms with E-state index in [0.29, 0.717) is 22.3 Å². The maximum atomic E-state index is 13.1. The van der Waals surface area contributed by atoms with Crippen LogP contribution in [0.5, 0.6) is 5.75 Å². The molecule has 0 aromatic heterocycles. The molecule has 0 saturated heterocycles. The second-order valence-corrected chi connectivity index (χ2v) is 9.07. The van der Waals surface area contributed by atoms with Crippen LogP contribution in [0.25, 0.3) is 0 Å². The van der Waals surface area contributed by atoms with Crippen LogP contribution in [0.1, 0.15) is 38.8 Å². The van der Waals surface area contributed by atoms with Crippen molar-refractivity contribution >= 4 is 35.0 Å². The zero-order chi connectivity index (χ0) is 22.5. The summed E-state index contributed by atoms with van der Waals surface area (Å²) in [4.78, 5) is 27.4. The van der Waals surface area contributed by atoms with Crippen molar-refractivity contribution in [2.75, 3.05) is 6.61 Å². The topological polar surface area (TPSA) is 58.6 Å². The Bertz CT molecular complexity index is 910. The lowest BCUT2D eigenvalue weighted by Gasteiger charge is -2.31. The number of halogens is 2. The molecule has 2 amide bonds. The molecule has 0 fully saturated rings. The van der Waals surface area contributed by atoms with Gasteiger partial charge in [0.05, 0.1) is 5.02 Å². The van der Waals surface area contributed by atoms with E-state index in [0.717, 1.165) is 11.1 Å². The van der Waals surface area contributed by atoms with Crippen LogP contribution in [0.4, 0.5) is 0 Å². The molecule has 2 rings (SSSR count). The van der Waals surface area contributed by atoms with Crippen molar-refractivity contribution in [3.05, 3.63) is 63.6 Å². The van der Waals surface area contributed by atoms with Gasteiger partial charge in [-0.3, -0.25) is 9.59 Å². The lowest BCUT2D eigenvalue weighted by molar-refractivity contribution is -0.142. The van der Waals surface area contributed by atoms with E-state index < -0.39 is 11.6 Å². The first kappa shape index (κ1) is 24.0. The van der Waals surface area contributed by atoms with Gasteiger partial charge in [-0.15, -0.1) is 0 Å². The van der Waals surface area contributed by atoms with E-state index in [1.807, 2.05) is 52.0 Å². The third-order valence-corrected chi connectivity index (χ3v) is 5.04. The van der Waals surface area contributed by atoms with Gasteiger partial charge in [0.15, 0.2) is 6.61 Å². The number of hydrogen-bond donors (Lipinski definition) is 1. The first-order valence-corrected chi connectivity index (χ1v) is 10.5. The molecular formula is C23H28Cl2N2O3. The zero-order valence-corrected chi connectivity index (χ0v) is 19.5. The first-order chi connectivity index (χ1) is 14.0. The van der Waals surface area contributed by atoms with Crippen molar-refractivity contribution in [1.29, 1.82) is 0 Å². The predicted molar refractivity (Wildman–Crippen MR) is 121 cm³/mol. The van der Waals surface area contributed by atoms with Crippen molar-refractivity contribution in [3.63, 3.8) is 0 Å². The predicted octanol–water partition coefficient (Wildman–Crippen LogP) is 5.01. The number of rotatable bonds is 7. The number of ether oxygens (including phenoxy) is 1. The van der Waals surface area contributed by atoms with Crippen molar-refractivity contribution in [1.82, 2.24) is 10.2 Å². The van der Waals surface area contributed by atoms with Gasteiger partial charge in [-0.25, -0.2) is 0 Å². The molecule has 5 nitrogen and oxygen atoms in total. The van der Waals surface area contributed by atoms with E-state index >= 15 is 0 Å². The molecule has 0 aliphatic heterocycles. The number of aryl methyl sites for hydroxylation is 1. The van der Waals surface area contributed by atoms with Crippen LogP contribution >= 0.6 is 23.2 Å². The standard InChI is InChI=1S/C23H28Cl2N2O3/c1-15-8-6-7-9-17(15)13-27(16(2)22(29)26-23(3,4)5)21(28)14-30-20-11-10-18(24)12-19(20)25/h6-12,16H,13-14H2,1-5H3,(H,26,29)/t16-/m0/s1. The summed E-state index contributed by atoms with van der Waals surface area (Å²) in [5, 5.41) is 3.73. The summed E-state index contributed by atoms with van der Waals surface area (Å²) in [6.07, 6.45) is 0. The van der Waals surface area contributed by atoms with Gasteiger partial charge in [-0.05, 0) is 63.9 Å². The SMILES string of the molecule is Cc1ccccc1CN(C(=O)COc1ccc(Cl)cc1Cl)[C@@H](C)C(=O)NC(C)(C)C. The molecule has 1 N–H and O–H groups in total. The minimum Gasteiger partial charge on any atom is -0.482 e. The maximum Gasteiger partial charge on any atom is 0.261 e. The molecule has 2 aromatic rings. The first-order valence-electron chi connectivity index (χ1n) is 9.72. The van der Waals surface area contributed by atoms with E-state index in [1.54, 1.807) is 25.1 Å². The molecule has 0 aliphatic rings. The van der Waals surface area contributed by atoms with Gasteiger partial charge in [-0.2, -0.15) is 0 Å². The van der Waals surface area contributed by atoms with Gasteiger partial charge in [0, 0.05) is 17.1 Å². The number of nitrogens with one attached hydrogen (secondary N) is 1.